The minimum absolute atomic E-state index is 0.104. The van der Waals surface area contributed by atoms with Gasteiger partial charge in [0.1, 0.15) is 4.83 Å². The molecule has 32 heavy (non-hydrogen) atoms. The van der Waals surface area contributed by atoms with Crippen molar-refractivity contribution in [1.82, 2.24) is 9.55 Å². The van der Waals surface area contributed by atoms with Crippen molar-refractivity contribution < 1.29 is 13.2 Å². The first-order valence-corrected chi connectivity index (χ1v) is 12.1. The van der Waals surface area contributed by atoms with E-state index in [-0.39, 0.29) is 11.3 Å². The summed E-state index contributed by atoms with van der Waals surface area (Å²) < 4.78 is 40.9. The van der Waals surface area contributed by atoms with Crippen LogP contribution in [0.1, 0.15) is 34.4 Å². The van der Waals surface area contributed by atoms with Gasteiger partial charge in [0.15, 0.2) is 5.16 Å². The highest BCUT2D eigenvalue weighted by Gasteiger charge is 2.30. The first-order chi connectivity index (χ1) is 15.4. The van der Waals surface area contributed by atoms with Gasteiger partial charge in [0.05, 0.1) is 16.6 Å². The van der Waals surface area contributed by atoms with Crippen molar-refractivity contribution >= 4 is 33.3 Å². The molecule has 0 saturated carbocycles. The van der Waals surface area contributed by atoms with Crippen molar-refractivity contribution in [3.8, 4) is 5.69 Å². The van der Waals surface area contributed by atoms with Crippen LogP contribution in [-0.2, 0) is 24.8 Å². The molecule has 4 aromatic rings. The number of thiophene rings is 1. The van der Waals surface area contributed by atoms with Crippen LogP contribution in [0.5, 0.6) is 0 Å². The Morgan fingerprint density at radius 2 is 1.81 bits per heavy atom. The Kier molecular flexibility index (Phi) is 5.59. The van der Waals surface area contributed by atoms with Gasteiger partial charge in [0, 0.05) is 10.6 Å². The molecule has 8 heteroatoms. The van der Waals surface area contributed by atoms with E-state index < -0.39 is 11.7 Å². The highest BCUT2D eigenvalue weighted by atomic mass is 32.2. The lowest BCUT2D eigenvalue weighted by Gasteiger charge is -2.14. The van der Waals surface area contributed by atoms with Gasteiger partial charge in [-0.15, -0.1) is 11.3 Å². The topological polar surface area (TPSA) is 34.9 Å². The minimum Gasteiger partial charge on any atom is -0.268 e. The summed E-state index contributed by atoms with van der Waals surface area (Å²) in [7, 11) is 0. The molecule has 0 radical (unpaired) electrons. The van der Waals surface area contributed by atoms with Crippen LogP contribution in [0.4, 0.5) is 13.2 Å². The number of halogens is 3. The maximum absolute atomic E-state index is 13.6. The van der Waals surface area contributed by atoms with Gasteiger partial charge in [0.2, 0.25) is 0 Å². The SMILES string of the molecule is O=c1c2c3c(sc2nc(SCc2cccc(C(F)(F)F)c2)n1-c1ccccc1)CCCC3. The number of fused-ring (bicyclic) bond motifs is 3. The third-order valence-electron chi connectivity index (χ3n) is 5.59. The smallest absolute Gasteiger partial charge is 0.268 e. The Balaban J connectivity index is 1.60. The molecular weight excluding hydrogens is 453 g/mol. The molecule has 3 nitrogen and oxygen atoms in total. The minimum atomic E-state index is -4.39. The van der Waals surface area contributed by atoms with E-state index in [9.17, 15) is 18.0 Å². The van der Waals surface area contributed by atoms with E-state index >= 15 is 0 Å². The van der Waals surface area contributed by atoms with Gasteiger partial charge in [-0.25, -0.2) is 4.98 Å². The average Bonchev–Trinajstić information content (AvgIpc) is 3.16. The van der Waals surface area contributed by atoms with E-state index in [0.29, 0.717) is 21.8 Å². The van der Waals surface area contributed by atoms with Crippen LogP contribution in [0, 0.1) is 0 Å². The van der Waals surface area contributed by atoms with Crippen molar-refractivity contribution in [2.45, 2.75) is 42.8 Å². The molecule has 2 aromatic heterocycles. The summed E-state index contributed by atoms with van der Waals surface area (Å²) in [6.07, 6.45) is -0.356. The van der Waals surface area contributed by atoms with E-state index in [2.05, 4.69) is 0 Å². The Bertz CT molecular complexity index is 1340. The number of hydrogen-bond donors (Lipinski definition) is 0. The first-order valence-electron chi connectivity index (χ1n) is 10.3. The first kappa shape index (κ1) is 21.3. The fourth-order valence-electron chi connectivity index (χ4n) is 4.07. The van der Waals surface area contributed by atoms with Gasteiger partial charge >= 0.3 is 6.18 Å². The summed E-state index contributed by atoms with van der Waals surface area (Å²) in [5.74, 6) is 0.278. The number of alkyl halides is 3. The maximum atomic E-state index is 13.6. The number of aryl methyl sites for hydroxylation is 2. The van der Waals surface area contributed by atoms with Crippen LogP contribution >= 0.6 is 23.1 Å². The lowest BCUT2D eigenvalue weighted by Crippen LogP contribution is -2.22. The van der Waals surface area contributed by atoms with Crippen LogP contribution in [0.25, 0.3) is 15.9 Å². The molecule has 1 aliphatic carbocycles. The molecule has 2 aromatic carbocycles. The number of hydrogen-bond acceptors (Lipinski definition) is 4. The lowest BCUT2D eigenvalue weighted by molar-refractivity contribution is -0.137. The quantitative estimate of drug-likeness (QED) is 0.247. The second-order valence-electron chi connectivity index (χ2n) is 7.75. The fraction of sp³-hybridized carbons (Fsp3) is 0.250. The summed E-state index contributed by atoms with van der Waals surface area (Å²) in [5.41, 5.74) is 1.57. The third kappa shape index (κ3) is 3.97. The summed E-state index contributed by atoms with van der Waals surface area (Å²) in [6.45, 7) is 0. The highest BCUT2D eigenvalue weighted by molar-refractivity contribution is 7.98. The molecule has 0 unspecified atom stereocenters. The lowest BCUT2D eigenvalue weighted by atomic mass is 9.97. The van der Waals surface area contributed by atoms with Crippen molar-refractivity contribution in [3.05, 3.63) is 86.5 Å². The predicted molar refractivity (Wildman–Crippen MR) is 123 cm³/mol. The van der Waals surface area contributed by atoms with Crippen LogP contribution in [0.3, 0.4) is 0 Å². The normalized spacial score (nSPS) is 14.0. The molecular formula is C24H19F3N2OS2. The molecule has 0 spiro atoms. The number of para-hydroxylation sites is 1. The molecule has 0 aliphatic heterocycles. The van der Waals surface area contributed by atoms with Gasteiger partial charge < -0.3 is 0 Å². The standard InChI is InChI=1S/C24H19F3N2OS2/c25-24(26,27)16-8-6-7-15(13-16)14-31-23-28-21-20(18-11-4-5-12-19(18)32-21)22(30)29(23)17-9-2-1-3-10-17/h1-3,6-10,13H,4-5,11-12,14H2. The summed E-state index contributed by atoms with van der Waals surface area (Å²) in [4.78, 5) is 20.4. The number of thioether (sulfide) groups is 1. The van der Waals surface area contributed by atoms with Crippen molar-refractivity contribution in [1.29, 1.82) is 0 Å². The molecule has 0 N–H and O–H groups in total. The monoisotopic (exact) mass is 472 g/mol. The molecule has 2 heterocycles. The molecule has 164 valence electrons. The molecule has 0 saturated heterocycles. The molecule has 0 bridgehead atoms. The molecule has 0 atom stereocenters. The van der Waals surface area contributed by atoms with Gasteiger partial charge in [-0.1, -0.05) is 48.2 Å². The van der Waals surface area contributed by atoms with Crippen LogP contribution in [0.15, 0.2) is 64.5 Å². The molecule has 0 fully saturated rings. The largest absolute Gasteiger partial charge is 0.416 e. The second-order valence-corrected chi connectivity index (χ2v) is 9.77. The van der Waals surface area contributed by atoms with E-state index in [1.807, 2.05) is 30.3 Å². The van der Waals surface area contributed by atoms with Crippen LogP contribution in [0.2, 0.25) is 0 Å². The molecule has 0 amide bonds. The number of rotatable bonds is 4. The number of aromatic nitrogens is 2. The zero-order valence-corrected chi connectivity index (χ0v) is 18.6. The Hall–Kier alpha value is -2.58. The maximum Gasteiger partial charge on any atom is 0.416 e. The van der Waals surface area contributed by atoms with Crippen molar-refractivity contribution in [2.24, 2.45) is 0 Å². The van der Waals surface area contributed by atoms with Gasteiger partial charge in [-0.2, -0.15) is 13.2 Å². The van der Waals surface area contributed by atoms with E-state index in [1.165, 1.54) is 22.7 Å². The summed E-state index contributed by atoms with van der Waals surface area (Å²) >= 11 is 2.85. The second kappa shape index (κ2) is 8.41. The van der Waals surface area contributed by atoms with Crippen LogP contribution in [-0.4, -0.2) is 9.55 Å². The predicted octanol–water partition coefficient (Wildman–Crippen LogP) is 6.64. The van der Waals surface area contributed by atoms with Gasteiger partial charge in [0.25, 0.3) is 5.56 Å². The Labute approximate surface area is 190 Å². The number of nitrogens with zero attached hydrogens (tertiary/aromatic N) is 2. The fourth-order valence-corrected chi connectivity index (χ4v) is 6.33. The summed E-state index contributed by atoms with van der Waals surface area (Å²) in [5, 5.41) is 1.18. The van der Waals surface area contributed by atoms with Gasteiger partial charge in [-0.3, -0.25) is 9.36 Å². The van der Waals surface area contributed by atoms with E-state index in [0.717, 1.165) is 48.2 Å². The Morgan fingerprint density at radius 1 is 1.03 bits per heavy atom. The zero-order valence-electron chi connectivity index (χ0n) is 17.0. The molecule has 1 aliphatic rings. The van der Waals surface area contributed by atoms with Crippen molar-refractivity contribution in [2.75, 3.05) is 0 Å². The van der Waals surface area contributed by atoms with Crippen molar-refractivity contribution in [3.63, 3.8) is 0 Å². The zero-order chi connectivity index (χ0) is 22.3. The highest BCUT2D eigenvalue weighted by Crippen LogP contribution is 2.36. The average molecular weight is 473 g/mol. The van der Waals surface area contributed by atoms with Crippen LogP contribution < -0.4 is 5.56 Å². The van der Waals surface area contributed by atoms with E-state index in [1.54, 1.807) is 22.0 Å². The third-order valence-corrected chi connectivity index (χ3v) is 7.79. The van der Waals surface area contributed by atoms with Gasteiger partial charge in [-0.05, 0) is 55.0 Å². The summed E-state index contributed by atoms with van der Waals surface area (Å²) in [6, 6.07) is 14.6. The number of benzene rings is 2. The Morgan fingerprint density at radius 3 is 2.59 bits per heavy atom. The van der Waals surface area contributed by atoms with E-state index in [4.69, 9.17) is 4.98 Å². The molecule has 5 rings (SSSR count).